The Bertz CT molecular complexity index is 769. The second kappa shape index (κ2) is 9.36. The monoisotopic (exact) mass is 357 g/mol. The highest BCUT2D eigenvalue weighted by Gasteiger charge is 2.12. The minimum Gasteiger partial charge on any atom is -0.497 e. The van der Waals surface area contributed by atoms with Crippen molar-refractivity contribution < 1.29 is 23.7 Å². The smallest absolute Gasteiger partial charge is 0.244 e. The molecule has 0 aliphatic carbocycles. The zero-order valence-corrected chi connectivity index (χ0v) is 15.4. The third kappa shape index (κ3) is 4.92. The molecule has 0 saturated heterocycles. The van der Waals surface area contributed by atoms with Crippen LogP contribution < -0.4 is 24.3 Å². The van der Waals surface area contributed by atoms with Crippen molar-refractivity contribution in [2.45, 2.75) is 6.54 Å². The summed E-state index contributed by atoms with van der Waals surface area (Å²) in [6, 6.07) is 10.9. The number of amides is 1. The fourth-order valence-electron chi connectivity index (χ4n) is 2.36. The van der Waals surface area contributed by atoms with Gasteiger partial charge in [-0.15, -0.1) is 0 Å². The van der Waals surface area contributed by atoms with Crippen molar-refractivity contribution in [3.8, 4) is 23.0 Å². The normalized spacial score (nSPS) is 10.5. The number of methoxy groups -OCH3 is 4. The van der Waals surface area contributed by atoms with Gasteiger partial charge in [-0.2, -0.15) is 0 Å². The van der Waals surface area contributed by atoms with E-state index in [2.05, 4.69) is 5.32 Å². The number of carbonyl (C=O) groups excluding carboxylic acids is 1. The topological polar surface area (TPSA) is 66.0 Å². The van der Waals surface area contributed by atoms with Gasteiger partial charge in [0.2, 0.25) is 5.91 Å². The van der Waals surface area contributed by atoms with Gasteiger partial charge in [0.25, 0.3) is 0 Å². The van der Waals surface area contributed by atoms with E-state index in [1.165, 1.54) is 6.08 Å². The molecular weight excluding hydrogens is 334 g/mol. The van der Waals surface area contributed by atoms with Gasteiger partial charge in [0.05, 0.1) is 28.4 Å². The SMILES string of the molecule is COc1ccc(/C=C/C(=O)NCc2cc(OC)c(OC)cc2OC)cc1. The summed E-state index contributed by atoms with van der Waals surface area (Å²) in [5, 5.41) is 2.83. The first kappa shape index (κ1) is 19.2. The molecule has 0 radical (unpaired) electrons. The van der Waals surface area contributed by atoms with Gasteiger partial charge >= 0.3 is 0 Å². The third-order valence-electron chi connectivity index (χ3n) is 3.78. The van der Waals surface area contributed by atoms with Crippen molar-refractivity contribution in [3.63, 3.8) is 0 Å². The van der Waals surface area contributed by atoms with E-state index in [0.29, 0.717) is 23.8 Å². The highest BCUT2D eigenvalue weighted by Crippen LogP contribution is 2.34. The minimum atomic E-state index is -0.211. The molecule has 0 saturated carbocycles. The van der Waals surface area contributed by atoms with Crippen molar-refractivity contribution in [1.82, 2.24) is 5.32 Å². The van der Waals surface area contributed by atoms with Crippen molar-refractivity contribution in [1.29, 1.82) is 0 Å². The molecule has 0 fully saturated rings. The minimum absolute atomic E-state index is 0.211. The maximum atomic E-state index is 12.1. The molecule has 0 unspecified atom stereocenters. The van der Waals surface area contributed by atoms with Crippen LogP contribution in [0.15, 0.2) is 42.5 Å². The second-order valence-corrected chi connectivity index (χ2v) is 5.34. The highest BCUT2D eigenvalue weighted by molar-refractivity contribution is 5.91. The summed E-state index contributed by atoms with van der Waals surface area (Å²) in [6.07, 6.45) is 3.22. The van der Waals surface area contributed by atoms with Crippen molar-refractivity contribution in [2.24, 2.45) is 0 Å². The lowest BCUT2D eigenvalue weighted by atomic mass is 10.1. The molecule has 6 heteroatoms. The molecule has 1 amide bonds. The van der Waals surface area contributed by atoms with E-state index in [4.69, 9.17) is 18.9 Å². The van der Waals surface area contributed by atoms with Gasteiger partial charge < -0.3 is 24.3 Å². The van der Waals surface area contributed by atoms with Gasteiger partial charge in [-0.3, -0.25) is 4.79 Å². The molecule has 2 aromatic rings. The number of hydrogen-bond donors (Lipinski definition) is 1. The molecule has 0 aliphatic rings. The van der Waals surface area contributed by atoms with Crippen molar-refractivity contribution in [3.05, 3.63) is 53.6 Å². The molecule has 0 bridgehead atoms. The number of ether oxygens (including phenoxy) is 4. The van der Waals surface area contributed by atoms with E-state index in [9.17, 15) is 4.79 Å². The lowest BCUT2D eigenvalue weighted by molar-refractivity contribution is -0.116. The molecule has 0 atom stereocenters. The van der Waals surface area contributed by atoms with E-state index < -0.39 is 0 Å². The predicted octanol–water partition coefficient (Wildman–Crippen LogP) is 3.05. The van der Waals surface area contributed by atoms with E-state index in [1.807, 2.05) is 24.3 Å². The fourth-order valence-corrected chi connectivity index (χ4v) is 2.36. The van der Waals surface area contributed by atoms with E-state index in [1.54, 1.807) is 46.6 Å². The molecule has 6 nitrogen and oxygen atoms in total. The molecule has 138 valence electrons. The van der Waals surface area contributed by atoms with Crippen LogP contribution in [0.4, 0.5) is 0 Å². The first-order valence-electron chi connectivity index (χ1n) is 8.00. The molecule has 2 aromatic carbocycles. The first-order valence-corrected chi connectivity index (χ1v) is 8.00. The molecular formula is C20H23NO5. The maximum Gasteiger partial charge on any atom is 0.244 e. The Labute approximate surface area is 153 Å². The summed E-state index contributed by atoms with van der Waals surface area (Å²) in [6.45, 7) is 0.301. The average Bonchev–Trinajstić information content (AvgIpc) is 2.70. The number of rotatable bonds is 8. The number of nitrogens with one attached hydrogen (secondary N) is 1. The van der Waals surface area contributed by atoms with Crippen LogP contribution in [0.5, 0.6) is 23.0 Å². The van der Waals surface area contributed by atoms with Crippen LogP contribution in [0.25, 0.3) is 6.08 Å². The molecule has 0 heterocycles. The Kier molecular flexibility index (Phi) is 6.91. The predicted molar refractivity (Wildman–Crippen MR) is 100.0 cm³/mol. The summed E-state index contributed by atoms with van der Waals surface area (Å²) >= 11 is 0. The van der Waals surface area contributed by atoms with E-state index in [-0.39, 0.29) is 5.91 Å². The zero-order chi connectivity index (χ0) is 18.9. The summed E-state index contributed by atoms with van der Waals surface area (Å²) < 4.78 is 21.0. The molecule has 2 rings (SSSR count). The van der Waals surface area contributed by atoms with Gasteiger partial charge in [-0.25, -0.2) is 0 Å². The summed E-state index contributed by atoms with van der Waals surface area (Å²) in [5.41, 5.74) is 1.70. The fraction of sp³-hybridized carbons (Fsp3) is 0.250. The maximum absolute atomic E-state index is 12.1. The molecule has 26 heavy (non-hydrogen) atoms. The number of carbonyl (C=O) groups is 1. The Morgan fingerprint density at radius 3 is 2.08 bits per heavy atom. The highest BCUT2D eigenvalue weighted by atomic mass is 16.5. The molecule has 0 aromatic heterocycles. The van der Waals surface area contributed by atoms with E-state index >= 15 is 0 Å². The van der Waals surface area contributed by atoms with Crippen LogP contribution in [-0.4, -0.2) is 34.3 Å². The third-order valence-corrected chi connectivity index (χ3v) is 3.78. The summed E-state index contributed by atoms with van der Waals surface area (Å²) in [4.78, 5) is 12.1. The Morgan fingerprint density at radius 2 is 1.50 bits per heavy atom. The standard InChI is InChI=1S/C20H23NO5/c1-23-16-8-5-14(6-9-16)7-10-20(22)21-13-15-11-18(25-3)19(26-4)12-17(15)24-2/h5-12H,13H2,1-4H3,(H,21,22)/b10-7+. The number of hydrogen-bond acceptors (Lipinski definition) is 5. The van der Waals surface area contributed by atoms with Crippen molar-refractivity contribution >= 4 is 12.0 Å². The Balaban J connectivity index is 2.02. The lowest BCUT2D eigenvalue weighted by Gasteiger charge is -2.14. The van der Waals surface area contributed by atoms with Crippen molar-refractivity contribution in [2.75, 3.05) is 28.4 Å². The Morgan fingerprint density at radius 1 is 0.885 bits per heavy atom. The quantitative estimate of drug-likeness (QED) is 0.736. The average molecular weight is 357 g/mol. The van der Waals surface area contributed by atoms with Gasteiger partial charge in [0.15, 0.2) is 11.5 Å². The van der Waals surface area contributed by atoms with Crippen LogP contribution in [0.1, 0.15) is 11.1 Å². The Hall–Kier alpha value is -3.15. The van der Waals surface area contributed by atoms with Crippen LogP contribution >= 0.6 is 0 Å². The second-order valence-electron chi connectivity index (χ2n) is 5.34. The van der Waals surface area contributed by atoms with Crippen LogP contribution in [0.2, 0.25) is 0 Å². The summed E-state index contributed by atoms with van der Waals surface area (Å²) in [7, 11) is 6.30. The first-order chi connectivity index (χ1) is 12.6. The zero-order valence-electron chi connectivity index (χ0n) is 15.4. The van der Waals surface area contributed by atoms with Gasteiger partial charge in [-0.1, -0.05) is 12.1 Å². The van der Waals surface area contributed by atoms with Gasteiger partial charge in [0.1, 0.15) is 11.5 Å². The van der Waals surface area contributed by atoms with Crippen LogP contribution in [0.3, 0.4) is 0 Å². The largest absolute Gasteiger partial charge is 0.497 e. The van der Waals surface area contributed by atoms with Gasteiger partial charge in [0, 0.05) is 24.3 Å². The van der Waals surface area contributed by atoms with Crippen LogP contribution in [0, 0.1) is 0 Å². The molecule has 0 spiro atoms. The molecule has 1 N–H and O–H groups in total. The number of benzene rings is 2. The van der Waals surface area contributed by atoms with Gasteiger partial charge in [-0.05, 0) is 29.8 Å². The van der Waals surface area contributed by atoms with E-state index in [0.717, 1.165) is 16.9 Å². The van der Waals surface area contributed by atoms with Crippen LogP contribution in [-0.2, 0) is 11.3 Å². The summed E-state index contributed by atoms with van der Waals surface area (Å²) in [5.74, 6) is 2.32. The lowest BCUT2D eigenvalue weighted by Crippen LogP contribution is -2.20. The molecule has 0 aliphatic heterocycles.